The number of benzene rings is 2. The molecule has 0 saturated carbocycles. The molecule has 0 fully saturated rings. The van der Waals surface area contributed by atoms with Crippen molar-refractivity contribution in [1.82, 2.24) is 14.8 Å². The van der Waals surface area contributed by atoms with Crippen LogP contribution in [-0.2, 0) is 30.8 Å². The van der Waals surface area contributed by atoms with Crippen molar-refractivity contribution in [3.8, 4) is 5.75 Å². The summed E-state index contributed by atoms with van der Waals surface area (Å²) >= 11 is 1.39. The summed E-state index contributed by atoms with van der Waals surface area (Å²) in [6, 6.07) is 12.1. The number of carbonyl (C=O) groups is 1. The largest absolute Gasteiger partial charge is 0.485 e. The molecule has 7 heteroatoms. The Bertz CT molecular complexity index is 1110. The van der Waals surface area contributed by atoms with Crippen LogP contribution >= 0.6 is 11.8 Å². The molecule has 0 spiro atoms. The van der Waals surface area contributed by atoms with E-state index >= 15 is 0 Å². The van der Waals surface area contributed by atoms with Gasteiger partial charge in [0, 0.05) is 12.2 Å². The maximum Gasteiger partial charge on any atom is 0.234 e. The van der Waals surface area contributed by atoms with Crippen LogP contribution in [0.1, 0.15) is 47.8 Å². The number of ether oxygens (including phenoxy) is 1. The van der Waals surface area contributed by atoms with Gasteiger partial charge in [0.25, 0.3) is 0 Å². The van der Waals surface area contributed by atoms with E-state index in [0.717, 1.165) is 40.9 Å². The third-order valence-electron chi connectivity index (χ3n) is 5.87. The molecule has 4 rings (SSSR count). The van der Waals surface area contributed by atoms with Crippen molar-refractivity contribution in [2.75, 3.05) is 11.1 Å². The van der Waals surface area contributed by atoms with Crippen molar-refractivity contribution in [2.45, 2.75) is 64.8 Å². The average Bonchev–Trinajstić information content (AvgIpc) is 3.19. The SMILES string of the molecule is CCn1c(COc2ccc3c(c2C)CCCC3)nnc1SCC(=O)Nc1cccc(C)c1. The van der Waals surface area contributed by atoms with Crippen LogP contribution in [0.5, 0.6) is 5.75 Å². The van der Waals surface area contributed by atoms with Crippen LogP contribution in [0.25, 0.3) is 0 Å². The lowest BCUT2D eigenvalue weighted by Gasteiger charge is -2.20. The molecule has 0 atom stereocenters. The summed E-state index contributed by atoms with van der Waals surface area (Å²) in [7, 11) is 0. The number of hydrogen-bond donors (Lipinski definition) is 1. The second-order valence-corrected chi connectivity index (χ2v) is 9.11. The van der Waals surface area contributed by atoms with E-state index in [1.807, 2.05) is 42.7 Å². The molecule has 6 nitrogen and oxygen atoms in total. The van der Waals surface area contributed by atoms with Crippen molar-refractivity contribution in [3.05, 3.63) is 64.5 Å². The monoisotopic (exact) mass is 450 g/mol. The number of amides is 1. The molecular formula is C25H30N4O2S. The molecule has 1 amide bonds. The second kappa shape index (κ2) is 10.2. The van der Waals surface area contributed by atoms with Gasteiger partial charge in [-0.1, -0.05) is 30.0 Å². The van der Waals surface area contributed by atoms with Crippen LogP contribution in [0.15, 0.2) is 41.6 Å². The molecule has 0 unspecified atom stereocenters. The normalized spacial score (nSPS) is 13.0. The van der Waals surface area contributed by atoms with Crippen molar-refractivity contribution >= 4 is 23.4 Å². The summed E-state index contributed by atoms with van der Waals surface area (Å²) in [4.78, 5) is 12.4. The van der Waals surface area contributed by atoms with Crippen molar-refractivity contribution < 1.29 is 9.53 Å². The summed E-state index contributed by atoms with van der Waals surface area (Å²) in [6.45, 7) is 7.28. The van der Waals surface area contributed by atoms with E-state index in [0.29, 0.717) is 6.61 Å². The zero-order valence-electron chi connectivity index (χ0n) is 19.0. The molecule has 168 valence electrons. The number of nitrogens with zero attached hydrogens (tertiary/aromatic N) is 3. The molecular weight excluding hydrogens is 420 g/mol. The van der Waals surface area contributed by atoms with Crippen LogP contribution in [0, 0.1) is 13.8 Å². The van der Waals surface area contributed by atoms with Crippen LogP contribution in [0.2, 0.25) is 0 Å². The molecule has 3 aromatic rings. The van der Waals surface area contributed by atoms with E-state index in [1.165, 1.54) is 47.7 Å². The van der Waals surface area contributed by atoms with Gasteiger partial charge in [0.05, 0.1) is 5.75 Å². The van der Waals surface area contributed by atoms with E-state index in [9.17, 15) is 4.79 Å². The minimum Gasteiger partial charge on any atom is -0.485 e. The highest BCUT2D eigenvalue weighted by molar-refractivity contribution is 7.99. The topological polar surface area (TPSA) is 69.0 Å². The fourth-order valence-corrected chi connectivity index (χ4v) is 5.01. The third kappa shape index (κ3) is 5.15. The van der Waals surface area contributed by atoms with Crippen molar-refractivity contribution in [1.29, 1.82) is 0 Å². The molecule has 1 aliphatic rings. The number of rotatable bonds is 8. The Hall–Kier alpha value is -2.80. The highest BCUT2D eigenvalue weighted by Crippen LogP contribution is 2.31. The number of nitrogens with one attached hydrogen (secondary N) is 1. The lowest BCUT2D eigenvalue weighted by atomic mass is 9.88. The Morgan fingerprint density at radius 2 is 2.00 bits per heavy atom. The Labute approximate surface area is 193 Å². The van der Waals surface area contributed by atoms with Gasteiger partial charge in [0.15, 0.2) is 11.0 Å². The molecule has 0 radical (unpaired) electrons. The van der Waals surface area contributed by atoms with Crippen LogP contribution in [0.3, 0.4) is 0 Å². The standard InChI is InChI=1S/C25H30N4O2S/c1-4-29-23(15-31-22-13-12-19-9-5-6-11-21(19)18(22)3)27-28-25(29)32-16-24(30)26-20-10-7-8-17(2)14-20/h7-8,10,12-14H,4-6,9,11,15-16H2,1-3H3,(H,26,30). The Morgan fingerprint density at radius 3 is 2.81 bits per heavy atom. The highest BCUT2D eigenvalue weighted by Gasteiger charge is 2.17. The van der Waals surface area contributed by atoms with Gasteiger partial charge >= 0.3 is 0 Å². The molecule has 1 N–H and O–H groups in total. The van der Waals surface area contributed by atoms with Gasteiger partial charge in [-0.3, -0.25) is 4.79 Å². The predicted octanol–water partition coefficient (Wildman–Crippen LogP) is 5.10. The number of hydrogen-bond acceptors (Lipinski definition) is 5. The maximum atomic E-state index is 12.4. The van der Waals surface area contributed by atoms with E-state index in [1.54, 1.807) is 0 Å². The van der Waals surface area contributed by atoms with Gasteiger partial charge in [-0.2, -0.15) is 0 Å². The number of fused-ring (bicyclic) bond motifs is 1. The summed E-state index contributed by atoms with van der Waals surface area (Å²) in [6.07, 6.45) is 4.82. The lowest BCUT2D eigenvalue weighted by molar-refractivity contribution is -0.113. The van der Waals surface area contributed by atoms with Gasteiger partial charge in [-0.15, -0.1) is 10.2 Å². The van der Waals surface area contributed by atoms with Crippen molar-refractivity contribution in [2.24, 2.45) is 0 Å². The third-order valence-corrected chi connectivity index (χ3v) is 6.84. The lowest BCUT2D eigenvalue weighted by Crippen LogP contribution is -2.15. The fraction of sp³-hybridized carbons (Fsp3) is 0.400. The molecule has 1 heterocycles. The number of carbonyl (C=O) groups excluding carboxylic acids is 1. The molecule has 1 aromatic heterocycles. The number of aryl methyl sites for hydroxylation is 2. The minimum atomic E-state index is -0.0614. The maximum absolute atomic E-state index is 12.4. The number of aromatic nitrogens is 3. The van der Waals surface area contributed by atoms with Gasteiger partial charge in [0.1, 0.15) is 12.4 Å². The summed E-state index contributed by atoms with van der Waals surface area (Å²) < 4.78 is 8.16. The fourth-order valence-electron chi connectivity index (χ4n) is 4.19. The zero-order valence-corrected chi connectivity index (χ0v) is 19.8. The van der Waals surface area contributed by atoms with Crippen LogP contribution < -0.4 is 10.1 Å². The average molecular weight is 451 g/mol. The summed E-state index contributed by atoms with van der Waals surface area (Å²) in [5.41, 5.74) is 6.07. The summed E-state index contributed by atoms with van der Waals surface area (Å²) in [5.74, 6) is 1.90. The molecule has 0 bridgehead atoms. The molecule has 0 aliphatic heterocycles. The second-order valence-electron chi connectivity index (χ2n) is 8.17. The highest BCUT2D eigenvalue weighted by atomic mass is 32.2. The molecule has 32 heavy (non-hydrogen) atoms. The number of thioether (sulfide) groups is 1. The van der Waals surface area contributed by atoms with Gasteiger partial charge in [-0.25, -0.2) is 0 Å². The Balaban J connectivity index is 1.37. The van der Waals surface area contributed by atoms with Crippen LogP contribution in [-0.4, -0.2) is 26.4 Å². The molecule has 1 aliphatic carbocycles. The van der Waals surface area contributed by atoms with Crippen LogP contribution in [0.4, 0.5) is 5.69 Å². The Kier molecular flexibility index (Phi) is 7.15. The van der Waals surface area contributed by atoms with E-state index in [4.69, 9.17) is 4.74 Å². The Morgan fingerprint density at radius 1 is 1.16 bits per heavy atom. The first-order chi connectivity index (χ1) is 15.5. The van der Waals surface area contributed by atoms with E-state index in [2.05, 4.69) is 34.6 Å². The van der Waals surface area contributed by atoms with E-state index in [-0.39, 0.29) is 11.7 Å². The zero-order chi connectivity index (χ0) is 22.5. The number of anilines is 1. The first-order valence-corrected chi connectivity index (χ1v) is 12.2. The summed E-state index contributed by atoms with van der Waals surface area (Å²) in [5, 5.41) is 12.3. The molecule has 0 saturated heterocycles. The van der Waals surface area contributed by atoms with Gasteiger partial charge < -0.3 is 14.6 Å². The van der Waals surface area contributed by atoms with E-state index < -0.39 is 0 Å². The minimum absolute atomic E-state index is 0.0614. The molecule has 2 aromatic carbocycles. The first kappa shape index (κ1) is 22.4. The predicted molar refractivity (Wildman–Crippen MR) is 128 cm³/mol. The van der Waals surface area contributed by atoms with Gasteiger partial charge in [0.2, 0.25) is 5.91 Å². The van der Waals surface area contributed by atoms with Gasteiger partial charge in [-0.05, 0) is 86.9 Å². The quantitative estimate of drug-likeness (QED) is 0.483. The first-order valence-electron chi connectivity index (χ1n) is 11.2. The smallest absolute Gasteiger partial charge is 0.234 e. The van der Waals surface area contributed by atoms with Crippen molar-refractivity contribution in [3.63, 3.8) is 0 Å².